The number of hydrogen-bond donors (Lipinski definition) is 4. The van der Waals surface area contributed by atoms with Gasteiger partial charge in [0.05, 0.1) is 0 Å². The summed E-state index contributed by atoms with van der Waals surface area (Å²) in [5, 5.41) is 37.2. The van der Waals surface area contributed by atoms with Gasteiger partial charge in [-0.15, -0.1) is 0 Å². The van der Waals surface area contributed by atoms with Crippen LogP contribution in [0.2, 0.25) is 0 Å². The van der Waals surface area contributed by atoms with E-state index >= 15 is 0 Å². The van der Waals surface area contributed by atoms with Crippen molar-refractivity contribution in [3.8, 4) is 0 Å². The van der Waals surface area contributed by atoms with Gasteiger partial charge in [0, 0.05) is 12.0 Å². The Morgan fingerprint density at radius 3 is 2.20 bits per heavy atom. The molecule has 1 aromatic rings. The molecule has 7 nitrogen and oxygen atoms in total. The lowest BCUT2D eigenvalue weighted by Gasteiger charge is -2.28. The first kappa shape index (κ1) is 16.1. The quantitative estimate of drug-likeness (QED) is 0.413. The number of aliphatic hydroxyl groups excluding tert-OH is 2. The number of benzene rings is 1. The van der Waals surface area contributed by atoms with E-state index in [2.05, 4.69) is 0 Å². The summed E-state index contributed by atoms with van der Waals surface area (Å²) in [6.45, 7) is 1.54. The van der Waals surface area contributed by atoms with Crippen molar-refractivity contribution >= 4 is 11.9 Å². The summed E-state index contributed by atoms with van der Waals surface area (Å²) < 4.78 is 4.75. The van der Waals surface area contributed by atoms with E-state index in [-0.39, 0.29) is 12.0 Å². The largest absolute Gasteiger partial charge is 0.479 e. The first-order chi connectivity index (χ1) is 9.31. The van der Waals surface area contributed by atoms with Crippen LogP contribution < -0.4 is 0 Å². The van der Waals surface area contributed by atoms with Crippen LogP contribution in [-0.2, 0) is 20.1 Å². The first-order valence-corrected chi connectivity index (χ1v) is 5.91. The molecule has 3 unspecified atom stereocenters. The Bertz CT molecular complexity index is 473. The predicted octanol–water partition coefficient (Wildman–Crippen LogP) is -0.409. The molecule has 0 amide bonds. The van der Waals surface area contributed by atoms with Crippen LogP contribution in [0.15, 0.2) is 30.3 Å². The molecule has 0 aliphatic heterocycles. The standard InChI is InChI=1S/C13H16O7/c1-2-13(19,8-6-4-3-5-7-8)20-12(18)10(15)9(14)11(16)17/h3-7,9-10,14-15,19H,2H2,1H3,(H,16,17). The van der Waals surface area contributed by atoms with E-state index in [1.165, 1.54) is 12.1 Å². The second-order valence-electron chi connectivity index (χ2n) is 4.15. The number of carboxylic acid groups (broad SMARTS) is 1. The minimum absolute atomic E-state index is 0.0152. The normalized spacial score (nSPS) is 16.8. The molecule has 0 aromatic heterocycles. The summed E-state index contributed by atoms with van der Waals surface area (Å²) in [7, 11) is 0. The number of carbonyl (C=O) groups is 2. The summed E-state index contributed by atoms with van der Waals surface area (Å²) in [5.74, 6) is -5.19. The van der Waals surface area contributed by atoms with Crippen molar-refractivity contribution in [3.05, 3.63) is 35.9 Å². The van der Waals surface area contributed by atoms with Gasteiger partial charge in [-0.05, 0) is 0 Å². The minimum atomic E-state index is -2.32. The van der Waals surface area contributed by atoms with Crippen molar-refractivity contribution in [2.24, 2.45) is 0 Å². The molecule has 4 N–H and O–H groups in total. The monoisotopic (exact) mass is 284 g/mol. The third-order valence-electron chi connectivity index (χ3n) is 2.77. The van der Waals surface area contributed by atoms with Crippen LogP contribution in [-0.4, -0.2) is 44.6 Å². The molecule has 3 atom stereocenters. The fourth-order valence-corrected chi connectivity index (χ4v) is 1.52. The molecule has 0 bridgehead atoms. The van der Waals surface area contributed by atoms with Crippen LogP contribution >= 0.6 is 0 Å². The number of carboxylic acids is 1. The summed E-state index contributed by atoms with van der Waals surface area (Å²) in [5.41, 5.74) is 0.271. The fraction of sp³-hybridized carbons (Fsp3) is 0.385. The molecule has 20 heavy (non-hydrogen) atoms. The van der Waals surface area contributed by atoms with Crippen molar-refractivity contribution in [1.29, 1.82) is 0 Å². The molecule has 110 valence electrons. The van der Waals surface area contributed by atoms with Crippen LogP contribution in [0.5, 0.6) is 0 Å². The van der Waals surface area contributed by atoms with Crippen molar-refractivity contribution in [2.75, 3.05) is 0 Å². The first-order valence-electron chi connectivity index (χ1n) is 5.91. The summed E-state index contributed by atoms with van der Waals surface area (Å²) in [4.78, 5) is 22.1. The van der Waals surface area contributed by atoms with E-state index in [0.29, 0.717) is 0 Å². The average Bonchev–Trinajstić information content (AvgIpc) is 2.46. The number of carbonyl (C=O) groups excluding carboxylic acids is 1. The van der Waals surface area contributed by atoms with E-state index < -0.39 is 29.9 Å². The summed E-state index contributed by atoms with van der Waals surface area (Å²) >= 11 is 0. The molecule has 0 spiro atoms. The van der Waals surface area contributed by atoms with Crippen LogP contribution in [0, 0.1) is 0 Å². The maximum atomic E-state index is 11.6. The van der Waals surface area contributed by atoms with E-state index in [1.54, 1.807) is 25.1 Å². The average molecular weight is 284 g/mol. The zero-order valence-corrected chi connectivity index (χ0v) is 10.8. The predicted molar refractivity (Wildman–Crippen MR) is 66.4 cm³/mol. The second kappa shape index (κ2) is 6.47. The Kier molecular flexibility index (Phi) is 5.20. The maximum Gasteiger partial charge on any atom is 0.341 e. The van der Waals surface area contributed by atoms with Crippen molar-refractivity contribution in [3.63, 3.8) is 0 Å². The molecule has 1 aromatic carbocycles. The van der Waals surface area contributed by atoms with Crippen molar-refractivity contribution in [1.82, 2.24) is 0 Å². The Morgan fingerprint density at radius 2 is 1.75 bits per heavy atom. The summed E-state index contributed by atoms with van der Waals surface area (Å²) in [6, 6.07) is 7.96. The number of ether oxygens (including phenoxy) is 1. The van der Waals surface area contributed by atoms with Gasteiger partial charge in [-0.1, -0.05) is 37.3 Å². The number of esters is 1. The molecule has 0 fully saturated rings. The molecular weight excluding hydrogens is 268 g/mol. The van der Waals surface area contributed by atoms with Gasteiger partial charge in [-0.2, -0.15) is 0 Å². The van der Waals surface area contributed by atoms with Crippen LogP contribution in [0.3, 0.4) is 0 Å². The minimum Gasteiger partial charge on any atom is -0.479 e. The van der Waals surface area contributed by atoms with Gasteiger partial charge in [-0.25, -0.2) is 9.59 Å². The Morgan fingerprint density at radius 1 is 1.20 bits per heavy atom. The second-order valence-corrected chi connectivity index (χ2v) is 4.15. The number of aliphatic hydroxyl groups is 3. The van der Waals surface area contributed by atoms with E-state index in [0.717, 1.165) is 0 Å². The van der Waals surface area contributed by atoms with Gasteiger partial charge in [0.2, 0.25) is 5.79 Å². The SMILES string of the molecule is CCC(O)(OC(=O)C(O)C(O)C(=O)O)c1ccccc1. The molecule has 1 rings (SSSR count). The third kappa shape index (κ3) is 3.53. The smallest absolute Gasteiger partial charge is 0.341 e. The van der Waals surface area contributed by atoms with Gasteiger partial charge in [0.1, 0.15) is 0 Å². The van der Waals surface area contributed by atoms with Gasteiger partial charge in [0.15, 0.2) is 12.2 Å². The zero-order valence-electron chi connectivity index (χ0n) is 10.8. The lowest BCUT2D eigenvalue weighted by Crippen LogP contribution is -2.44. The van der Waals surface area contributed by atoms with E-state index in [4.69, 9.17) is 14.9 Å². The highest BCUT2D eigenvalue weighted by Crippen LogP contribution is 2.26. The highest BCUT2D eigenvalue weighted by atomic mass is 16.7. The Hall–Kier alpha value is -1.96. The molecule has 0 radical (unpaired) electrons. The highest BCUT2D eigenvalue weighted by Gasteiger charge is 2.38. The molecule has 0 aliphatic rings. The summed E-state index contributed by atoms with van der Waals surface area (Å²) in [6.07, 6.45) is -4.62. The molecule has 0 heterocycles. The van der Waals surface area contributed by atoms with Crippen LogP contribution in [0.25, 0.3) is 0 Å². The van der Waals surface area contributed by atoms with Crippen LogP contribution in [0.4, 0.5) is 0 Å². The Balaban J connectivity index is 2.88. The zero-order chi connectivity index (χ0) is 15.3. The van der Waals surface area contributed by atoms with Gasteiger partial charge < -0.3 is 25.2 Å². The van der Waals surface area contributed by atoms with E-state index in [9.17, 15) is 19.8 Å². The number of aliphatic carboxylic acids is 1. The number of rotatable bonds is 6. The van der Waals surface area contributed by atoms with E-state index in [1.807, 2.05) is 0 Å². The van der Waals surface area contributed by atoms with Crippen LogP contribution in [0.1, 0.15) is 18.9 Å². The Labute approximate surface area is 115 Å². The third-order valence-corrected chi connectivity index (χ3v) is 2.77. The fourth-order valence-electron chi connectivity index (χ4n) is 1.52. The van der Waals surface area contributed by atoms with Gasteiger partial charge in [-0.3, -0.25) is 0 Å². The molecule has 7 heteroatoms. The highest BCUT2D eigenvalue weighted by molar-refractivity contribution is 5.84. The number of hydrogen-bond acceptors (Lipinski definition) is 6. The molecule has 0 saturated heterocycles. The lowest BCUT2D eigenvalue weighted by molar-refractivity contribution is -0.228. The van der Waals surface area contributed by atoms with Crippen molar-refractivity contribution in [2.45, 2.75) is 31.3 Å². The topological polar surface area (TPSA) is 124 Å². The van der Waals surface area contributed by atoms with Crippen molar-refractivity contribution < 1.29 is 34.8 Å². The molecule has 0 saturated carbocycles. The van der Waals surface area contributed by atoms with Gasteiger partial charge >= 0.3 is 11.9 Å². The molecular formula is C13H16O7. The van der Waals surface area contributed by atoms with Gasteiger partial charge in [0.25, 0.3) is 0 Å². The lowest BCUT2D eigenvalue weighted by atomic mass is 10.0. The maximum absolute atomic E-state index is 11.6. The molecule has 0 aliphatic carbocycles.